The molecular weight excluding hydrogens is 358 g/mol. The van der Waals surface area contributed by atoms with Crippen LogP contribution in [0.5, 0.6) is 0 Å². The van der Waals surface area contributed by atoms with Crippen LogP contribution in [0.1, 0.15) is 49.3 Å². The number of halogens is 1. The summed E-state index contributed by atoms with van der Waals surface area (Å²) in [6.45, 7) is 8.56. The fourth-order valence-corrected chi connectivity index (χ4v) is 3.15. The summed E-state index contributed by atoms with van der Waals surface area (Å²) in [5.74, 6) is -0.246. The van der Waals surface area contributed by atoms with Crippen LogP contribution in [-0.4, -0.2) is 16.1 Å². The maximum absolute atomic E-state index is 12.7. The standard InChI is InChI=1S/C22H24ClN3O/c1-5-18-20(24-21(27)16-8-6-7-9-17(16)23)19(26-25-18)14-10-12-15(13-11-14)22(2,3)4/h6-13H,5H2,1-4H3,(H,24,27)(H,25,26). The van der Waals surface area contributed by atoms with E-state index in [0.29, 0.717) is 16.3 Å². The van der Waals surface area contributed by atoms with Gasteiger partial charge in [0.25, 0.3) is 5.91 Å². The summed E-state index contributed by atoms with van der Waals surface area (Å²) in [4.78, 5) is 12.7. The number of amides is 1. The molecular formula is C22H24ClN3O. The van der Waals surface area contributed by atoms with Crippen LogP contribution in [0, 0.1) is 0 Å². The van der Waals surface area contributed by atoms with E-state index in [1.165, 1.54) is 5.56 Å². The number of hydrogen-bond acceptors (Lipinski definition) is 2. The molecule has 1 heterocycles. The lowest BCUT2D eigenvalue weighted by Crippen LogP contribution is -2.14. The molecule has 2 N–H and O–H groups in total. The molecule has 0 spiro atoms. The number of aromatic nitrogens is 2. The van der Waals surface area contributed by atoms with Crippen molar-refractivity contribution in [2.45, 2.75) is 39.5 Å². The Morgan fingerprint density at radius 1 is 1.11 bits per heavy atom. The summed E-state index contributed by atoms with van der Waals surface area (Å²) < 4.78 is 0. The Bertz CT molecular complexity index is 952. The number of anilines is 1. The van der Waals surface area contributed by atoms with E-state index in [9.17, 15) is 4.79 Å². The van der Waals surface area contributed by atoms with Gasteiger partial charge in [0, 0.05) is 5.56 Å². The second-order valence-corrected chi connectivity index (χ2v) is 7.95. The highest BCUT2D eigenvalue weighted by atomic mass is 35.5. The third-order valence-corrected chi connectivity index (χ3v) is 4.91. The number of aromatic amines is 1. The Balaban J connectivity index is 1.96. The quantitative estimate of drug-likeness (QED) is 0.596. The van der Waals surface area contributed by atoms with E-state index in [-0.39, 0.29) is 11.3 Å². The van der Waals surface area contributed by atoms with Crippen LogP contribution < -0.4 is 5.32 Å². The molecule has 0 fully saturated rings. The third kappa shape index (κ3) is 4.06. The van der Waals surface area contributed by atoms with Gasteiger partial charge in [-0.3, -0.25) is 9.89 Å². The van der Waals surface area contributed by atoms with Crippen molar-refractivity contribution in [1.29, 1.82) is 0 Å². The van der Waals surface area contributed by atoms with Gasteiger partial charge in [-0.15, -0.1) is 0 Å². The molecule has 0 atom stereocenters. The first-order chi connectivity index (χ1) is 12.8. The van der Waals surface area contributed by atoms with Gasteiger partial charge >= 0.3 is 0 Å². The molecule has 2 aromatic carbocycles. The summed E-state index contributed by atoms with van der Waals surface area (Å²) in [6.07, 6.45) is 0.727. The number of rotatable bonds is 4. The zero-order chi connectivity index (χ0) is 19.6. The second-order valence-electron chi connectivity index (χ2n) is 7.54. The highest BCUT2D eigenvalue weighted by Gasteiger charge is 2.19. The molecule has 0 saturated heterocycles. The third-order valence-electron chi connectivity index (χ3n) is 4.58. The molecule has 27 heavy (non-hydrogen) atoms. The number of benzene rings is 2. The molecule has 0 aliphatic carbocycles. The number of aryl methyl sites for hydroxylation is 1. The van der Waals surface area contributed by atoms with Gasteiger partial charge in [-0.1, -0.05) is 75.7 Å². The summed E-state index contributed by atoms with van der Waals surface area (Å²) in [7, 11) is 0. The normalized spacial score (nSPS) is 11.4. The maximum atomic E-state index is 12.7. The molecule has 4 nitrogen and oxygen atoms in total. The zero-order valence-corrected chi connectivity index (χ0v) is 16.8. The average Bonchev–Trinajstić information content (AvgIpc) is 3.04. The Kier molecular flexibility index (Phi) is 5.38. The van der Waals surface area contributed by atoms with Crippen LogP contribution in [0.15, 0.2) is 48.5 Å². The molecule has 0 saturated carbocycles. The van der Waals surface area contributed by atoms with Crippen molar-refractivity contribution in [3.8, 4) is 11.3 Å². The van der Waals surface area contributed by atoms with Gasteiger partial charge in [0.2, 0.25) is 0 Å². The predicted molar refractivity (Wildman–Crippen MR) is 112 cm³/mol. The van der Waals surface area contributed by atoms with Gasteiger partial charge in [0.1, 0.15) is 5.69 Å². The number of carbonyl (C=O) groups is 1. The first-order valence-electron chi connectivity index (χ1n) is 9.05. The maximum Gasteiger partial charge on any atom is 0.257 e. The van der Waals surface area contributed by atoms with Gasteiger partial charge in [-0.2, -0.15) is 5.10 Å². The minimum Gasteiger partial charge on any atom is -0.318 e. The van der Waals surface area contributed by atoms with E-state index in [1.54, 1.807) is 24.3 Å². The Hall–Kier alpha value is -2.59. The number of hydrogen-bond donors (Lipinski definition) is 2. The van der Waals surface area contributed by atoms with Gasteiger partial charge in [0.15, 0.2) is 0 Å². The fraction of sp³-hybridized carbons (Fsp3) is 0.273. The molecule has 1 amide bonds. The van der Waals surface area contributed by atoms with E-state index in [2.05, 4.69) is 48.4 Å². The lowest BCUT2D eigenvalue weighted by molar-refractivity contribution is 0.102. The Morgan fingerprint density at radius 2 is 1.78 bits per heavy atom. The molecule has 0 aliphatic rings. The van der Waals surface area contributed by atoms with Crippen LogP contribution in [0.3, 0.4) is 0 Å². The molecule has 3 rings (SSSR count). The SMILES string of the molecule is CCc1[nH]nc(-c2ccc(C(C)(C)C)cc2)c1NC(=O)c1ccccc1Cl. The van der Waals surface area contributed by atoms with E-state index < -0.39 is 0 Å². The monoisotopic (exact) mass is 381 g/mol. The first-order valence-corrected chi connectivity index (χ1v) is 9.43. The van der Waals surface area contributed by atoms with E-state index in [1.807, 2.05) is 19.1 Å². The highest BCUT2D eigenvalue weighted by molar-refractivity contribution is 6.34. The van der Waals surface area contributed by atoms with Crippen LogP contribution in [-0.2, 0) is 11.8 Å². The van der Waals surface area contributed by atoms with Gasteiger partial charge in [-0.25, -0.2) is 0 Å². The molecule has 140 valence electrons. The zero-order valence-electron chi connectivity index (χ0n) is 16.1. The van der Waals surface area contributed by atoms with Crippen LogP contribution >= 0.6 is 11.6 Å². The number of carbonyl (C=O) groups excluding carboxylic acids is 1. The first kappa shape index (κ1) is 19.2. The van der Waals surface area contributed by atoms with Crippen molar-refractivity contribution in [3.63, 3.8) is 0 Å². The lowest BCUT2D eigenvalue weighted by Gasteiger charge is -2.19. The van der Waals surface area contributed by atoms with E-state index in [4.69, 9.17) is 11.6 Å². The fourth-order valence-electron chi connectivity index (χ4n) is 2.93. The summed E-state index contributed by atoms with van der Waals surface area (Å²) in [5, 5.41) is 10.9. The topological polar surface area (TPSA) is 57.8 Å². The molecule has 1 aromatic heterocycles. The average molecular weight is 382 g/mol. The molecule has 0 radical (unpaired) electrons. The van der Waals surface area contributed by atoms with Crippen molar-refractivity contribution < 1.29 is 4.79 Å². The molecule has 0 bridgehead atoms. The number of H-pyrrole nitrogens is 1. The predicted octanol–water partition coefficient (Wildman–Crippen LogP) is 5.84. The Morgan fingerprint density at radius 3 is 2.37 bits per heavy atom. The van der Waals surface area contributed by atoms with Crippen LogP contribution in [0.4, 0.5) is 5.69 Å². The molecule has 3 aromatic rings. The highest BCUT2D eigenvalue weighted by Crippen LogP contribution is 2.32. The molecule has 5 heteroatoms. The lowest BCUT2D eigenvalue weighted by atomic mass is 9.86. The van der Waals surface area contributed by atoms with Gasteiger partial charge < -0.3 is 5.32 Å². The molecule has 0 unspecified atom stereocenters. The number of nitrogens with one attached hydrogen (secondary N) is 2. The van der Waals surface area contributed by atoms with Crippen molar-refractivity contribution in [2.24, 2.45) is 0 Å². The van der Waals surface area contributed by atoms with Crippen molar-refractivity contribution >= 4 is 23.2 Å². The van der Waals surface area contributed by atoms with Crippen molar-refractivity contribution in [1.82, 2.24) is 10.2 Å². The van der Waals surface area contributed by atoms with Crippen LogP contribution in [0.2, 0.25) is 5.02 Å². The van der Waals surface area contributed by atoms with Crippen LogP contribution in [0.25, 0.3) is 11.3 Å². The van der Waals surface area contributed by atoms with Gasteiger partial charge in [0.05, 0.1) is 22.0 Å². The van der Waals surface area contributed by atoms with Crippen molar-refractivity contribution in [3.05, 3.63) is 70.4 Å². The summed E-state index contributed by atoms with van der Waals surface area (Å²) >= 11 is 6.17. The Labute approximate surface area is 165 Å². The number of nitrogens with zero attached hydrogens (tertiary/aromatic N) is 1. The summed E-state index contributed by atoms with van der Waals surface area (Å²) in [5.41, 5.74) is 5.03. The van der Waals surface area contributed by atoms with E-state index in [0.717, 1.165) is 23.4 Å². The van der Waals surface area contributed by atoms with E-state index >= 15 is 0 Å². The largest absolute Gasteiger partial charge is 0.318 e. The van der Waals surface area contributed by atoms with Crippen molar-refractivity contribution in [2.75, 3.05) is 5.32 Å². The smallest absolute Gasteiger partial charge is 0.257 e. The van der Waals surface area contributed by atoms with Gasteiger partial charge in [-0.05, 0) is 29.5 Å². The second kappa shape index (κ2) is 7.57. The summed E-state index contributed by atoms with van der Waals surface area (Å²) in [6, 6.07) is 15.3. The minimum atomic E-state index is -0.246. The minimum absolute atomic E-state index is 0.0831. The molecule has 0 aliphatic heterocycles.